The Bertz CT molecular complexity index is 783. The number of imidazole rings is 1. The number of unbranched alkanes of at least 4 members (excludes halogenated alkanes) is 1. The van der Waals surface area contributed by atoms with Crippen LogP contribution in [0, 0.1) is 0 Å². The molecule has 3 rings (SSSR count). The zero-order chi connectivity index (χ0) is 17.0. The maximum atomic E-state index is 12.3. The molecule has 0 aliphatic carbocycles. The van der Waals surface area contributed by atoms with Crippen LogP contribution in [0.15, 0.2) is 28.3 Å². The predicted molar refractivity (Wildman–Crippen MR) is 95.9 cm³/mol. The Morgan fingerprint density at radius 2 is 2.33 bits per heavy atom. The fraction of sp³-hybridized carbons (Fsp3) is 0.562. The van der Waals surface area contributed by atoms with E-state index in [1.54, 1.807) is 30.0 Å². The number of sulfonamides is 1. The van der Waals surface area contributed by atoms with Gasteiger partial charge in [0.05, 0.1) is 22.0 Å². The first-order valence-corrected chi connectivity index (χ1v) is 10.8. The van der Waals surface area contributed by atoms with Crippen molar-refractivity contribution >= 4 is 32.8 Å². The van der Waals surface area contributed by atoms with Gasteiger partial charge in [-0.25, -0.2) is 18.1 Å². The second kappa shape index (κ2) is 7.86. The first-order chi connectivity index (χ1) is 11.6. The molecule has 1 aromatic heterocycles. The largest absolute Gasteiger partial charge is 0.377 e. The maximum Gasteiger partial charge on any atom is 0.240 e. The Labute approximate surface area is 146 Å². The van der Waals surface area contributed by atoms with Crippen LogP contribution in [-0.2, 0) is 14.8 Å². The van der Waals surface area contributed by atoms with Crippen molar-refractivity contribution in [1.29, 1.82) is 0 Å². The van der Waals surface area contributed by atoms with Crippen LogP contribution in [-0.4, -0.2) is 43.4 Å². The number of nitrogens with one attached hydrogen (secondary N) is 2. The molecule has 1 saturated heterocycles. The van der Waals surface area contributed by atoms with Gasteiger partial charge >= 0.3 is 0 Å². The molecule has 2 heterocycles. The van der Waals surface area contributed by atoms with Crippen molar-refractivity contribution in [3.63, 3.8) is 0 Å². The Balaban J connectivity index is 1.71. The number of hydrogen-bond acceptors (Lipinski definition) is 5. The first kappa shape index (κ1) is 17.7. The molecule has 1 atom stereocenters. The normalized spacial score (nSPS) is 18.5. The van der Waals surface area contributed by atoms with Crippen molar-refractivity contribution in [3.8, 4) is 0 Å². The summed E-state index contributed by atoms with van der Waals surface area (Å²) in [6.07, 6.45) is 4.29. The third-order valence-electron chi connectivity index (χ3n) is 3.99. The van der Waals surface area contributed by atoms with Gasteiger partial charge in [-0.15, -0.1) is 0 Å². The first-order valence-electron chi connectivity index (χ1n) is 8.32. The van der Waals surface area contributed by atoms with Gasteiger partial charge in [-0.3, -0.25) is 0 Å². The number of rotatable bonds is 8. The van der Waals surface area contributed by atoms with Crippen LogP contribution >= 0.6 is 11.8 Å². The molecule has 6 nitrogen and oxygen atoms in total. The van der Waals surface area contributed by atoms with Crippen LogP contribution in [0.2, 0.25) is 0 Å². The number of H-pyrrole nitrogens is 1. The fourth-order valence-corrected chi connectivity index (χ4v) is 4.67. The number of ether oxygens (including phenoxy) is 1. The molecule has 0 amide bonds. The third-order valence-corrected chi connectivity index (χ3v) is 6.46. The van der Waals surface area contributed by atoms with Crippen LogP contribution in [0.25, 0.3) is 11.0 Å². The number of benzene rings is 1. The molecule has 1 aliphatic heterocycles. The summed E-state index contributed by atoms with van der Waals surface area (Å²) in [5.74, 6) is 0.865. The highest BCUT2D eigenvalue weighted by molar-refractivity contribution is 7.99. The molecule has 24 heavy (non-hydrogen) atoms. The van der Waals surface area contributed by atoms with E-state index >= 15 is 0 Å². The summed E-state index contributed by atoms with van der Waals surface area (Å²) in [4.78, 5) is 7.98. The predicted octanol–water partition coefficient (Wildman–Crippen LogP) is 2.91. The lowest BCUT2D eigenvalue weighted by Crippen LogP contribution is -2.24. The quantitative estimate of drug-likeness (QED) is 0.552. The van der Waals surface area contributed by atoms with Crippen LogP contribution in [0.4, 0.5) is 0 Å². The van der Waals surface area contributed by atoms with E-state index in [0.717, 1.165) is 54.2 Å². The number of aromatic nitrogens is 2. The Morgan fingerprint density at radius 1 is 1.46 bits per heavy atom. The number of nitrogens with zero attached hydrogens (tertiary/aromatic N) is 1. The van der Waals surface area contributed by atoms with Crippen molar-refractivity contribution in [3.05, 3.63) is 18.2 Å². The van der Waals surface area contributed by atoms with E-state index in [-0.39, 0.29) is 4.90 Å². The summed E-state index contributed by atoms with van der Waals surface area (Å²) in [7, 11) is -3.46. The second-order valence-corrected chi connectivity index (χ2v) is 8.69. The van der Waals surface area contributed by atoms with Gasteiger partial charge in [-0.2, -0.15) is 0 Å². The van der Waals surface area contributed by atoms with E-state index in [9.17, 15) is 8.42 Å². The standard InChI is InChI=1S/C16H23N3O3S2/c1-2-3-8-17-24(20,21)13-6-7-14-15(10-13)19-16(18-14)23-11-12-5-4-9-22-12/h6-7,10,12,17H,2-5,8-9,11H2,1H3,(H,18,19)/t12-/m1/s1. The summed E-state index contributed by atoms with van der Waals surface area (Å²) >= 11 is 1.62. The zero-order valence-corrected chi connectivity index (χ0v) is 15.4. The molecule has 0 spiro atoms. The van der Waals surface area contributed by atoms with Gasteiger partial charge in [0.2, 0.25) is 10.0 Å². The molecule has 1 aliphatic rings. The van der Waals surface area contributed by atoms with Gasteiger partial charge in [0, 0.05) is 18.9 Å². The molecule has 8 heteroatoms. The van der Waals surface area contributed by atoms with Gasteiger partial charge < -0.3 is 9.72 Å². The lowest BCUT2D eigenvalue weighted by atomic mass is 10.3. The number of aromatic amines is 1. The van der Waals surface area contributed by atoms with Crippen LogP contribution in [0.5, 0.6) is 0 Å². The topological polar surface area (TPSA) is 84.1 Å². The lowest BCUT2D eigenvalue weighted by molar-refractivity contribution is 0.129. The maximum absolute atomic E-state index is 12.3. The van der Waals surface area contributed by atoms with Crippen molar-refractivity contribution in [1.82, 2.24) is 14.7 Å². The van der Waals surface area contributed by atoms with Gasteiger partial charge in [0.25, 0.3) is 0 Å². The SMILES string of the molecule is CCCCNS(=O)(=O)c1ccc2nc(SC[C@H]3CCCO3)[nH]c2c1. The van der Waals surface area contributed by atoms with E-state index in [1.807, 2.05) is 6.92 Å². The molecule has 132 valence electrons. The van der Waals surface area contributed by atoms with Gasteiger partial charge in [-0.1, -0.05) is 25.1 Å². The van der Waals surface area contributed by atoms with E-state index in [4.69, 9.17) is 4.74 Å². The molecular formula is C16H23N3O3S2. The van der Waals surface area contributed by atoms with Crippen LogP contribution in [0.1, 0.15) is 32.6 Å². The van der Waals surface area contributed by atoms with Crippen molar-refractivity contribution in [2.24, 2.45) is 0 Å². The van der Waals surface area contributed by atoms with Crippen molar-refractivity contribution in [2.45, 2.75) is 48.8 Å². The fourth-order valence-electron chi connectivity index (χ4n) is 2.62. The smallest absolute Gasteiger partial charge is 0.240 e. The summed E-state index contributed by atoms with van der Waals surface area (Å²) in [6, 6.07) is 5.00. The highest BCUT2D eigenvalue weighted by Gasteiger charge is 2.18. The minimum Gasteiger partial charge on any atom is -0.377 e. The van der Waals surface area contributed by atoms with E-state index in [0.29, 0.717) is 12.6 Å². The Kier molecular flexibility index (Phi) is 5.80. The summed E-state index contributed by atoms with van der Waals surface area (Å²) < 4.78 is 32.8. The number of thioether (sulfide) groups is 1. The van der Waals surface area contributed by atoms with Crippen molar-refractivity contribution in [2.75, 3.05) is 18.9 Å². The van der Waals surface area contributed by atoms with Crippen LogP contribution in [0.3, 0.4) is 0 Å². The molecular weight excluding hydrogens is 346 g/mol. The molecule has 2 N–H and O–H groups in total. The van der Waals surface area contributed by atoms with Crippen LogP contribution < -0.4 is 4.72 Å². The van der Waals surface area contributed by atoms with E-state index in [1.165, 1.54) is 0 Å². The average Bonchev–Trinajstić information content (AvgIpc) is 3.21. The average molecular weight is 370 g/mol. The number of fused-ring (bicyclic) bond motifs is 1. The van der Waals surface area contributed by atoms with Crippen molar-refractivity contribution < 1.29 is 13.2 Å². The van der Waals surface area contributed by atoms with Gasteiger partial charge in [0.1, 0.15) is 0 Å². The second-order valence-electron chi connectivity index (χ2n) is 5.92. The Morgan fingerprint density at radius 3 is 3.08 bits per heavy atom. The van der Waals surface area contributed by atoms with Gasteiger partial charge in [-0.05, 0) is 37.5 Å². The minimum atomic E-state index is -3.46. The van der Waals surface area contributed by atoms with E-state index in [2.05, 4.69) is 14.7 Å². The summed E-state index contributed by atoms with van der Waals surface area (Å²) in [6.45, 7) is 3.33. The molecule has 1 aromatic carbocycles. The lowest BCUT2D eigenvalue weighted by Gasteiger charge is -2.06. The van der Waals surface area contributed by atoms with Gasteiger partial charge in [0.15, 0.2) is 5.16 Å². The molecule has 0 saturated carbocycles. The number of hydrogen-bond donors (Lipinski definition) is 2. The molecule has 2 aromatic rings. The zero-order valence-electron chi connectivity index (χ0n) is 13.7. The summed E-state index contributed by atoms with van der Waals surface area (Å²) in [5, 5.41) is 0.800. The third kappa shape index (κ3) is 4.30. The molecule has 0 radical (unpaired) electrons. The summed E-state index contributed by atoms with van der Waals surface area (Å²) in [5.41, 5.74) is 1.51. The molecule has 0 bridgehead atoms. The monoisotopic (exact) mass is 369 g/mol. The van der Waals surface area contributed by atoms with E-state index < -0.39 is 10.0 Å². The highest BCUT2D eigenvalue weighted by atomic mass is 32.2. The minimum absolute atomic E-state index is 0.269. The highest BCUT2D eigenvalue weighted by Crippen LogP contribution is 2.25. The molecule has 1 fully saturated rings. The molecule has 0 unspecified atom stereocenters. The Hall–Kier alpha value is -1.09.